The van der Waals surface area contributed by atoms with Crippen molar-refractivity contribution in [2.45, 2.75) is 39.7 Å². The molecule has 1 N–H and O–H groups in total. The van der Waals surface area contributed by atoms with Crippen molar-refractivity contribution in [2.24, 2.45) is 0 Å². The number of carbonyl (C=O) groups is 3. The summed E-state index contributed by atoms with van der Waals surface area (Å²) in [5.41, 5.74) is 0.212. The van der Waals surface area contributed by atoms with Crippen LogP contribution in [0.25, 0.3) is 0 Å². The van der Waals surface area contributed by atoms with Gasteiger partial charge in [0.1, 0.15) is 5.60 Å². The molecule has 0 bridgehead atoms. The zero-order valence-electron chi connectivity index (χ0n) is 14.0. The minimum absolute atomic E-state index is 0.121. The highest BCUT2D eigenvalue weighted by Crippen LogP contribution is 2.13. The van der Waals surface area contributed by atoms with Crippen LogP contribution in [-0.2, 0) is 14.3 Å². The Hall–Kier alpha value is -2.37. The molecule has 0 saturated heterocycles. The number of amides is 1. The van der Waals surface area contributed by atoms with Crippen molar-refractivity contribution in [1.82, 2.24) is 5.32 Å². The highest BCUT2D eigenvalue weighted by atomic mass is 16.6. The molecule has 6 heteroatoms. The topological polar surface area (TPSA) is 81.7 Å². The Morgan fingerprint density at radius 1 is 1.04 bits per heavy atom. The van der Waals surface area contributed by atoms with Crippen molar-refractivity contribution < 1.29 is 23.9 Å². The molecule has 1 rings (SSSR count). The largest absolute Gasteiger partial charge is 0.466 e. The Labute approximate surface area is 136 Å². The molecule has 23 heavy (non-hydrogen) atoms. The van der Waals surface area contributed by atoms with E-state index in [0.29, 0.717) is 17.7 Å². The zero-order valence-corrected chi connectivity index (χ0v) is 14.0. The molecule has 0 aliphatic heterocycles. The lowest BCUT2D eigenvalue weighted by Gasteiger charge is -2.19. The van der Waals surface area contributed by atoms with Gasteiger partial charge >= 0.3 is 11.9 Å². The minimum Gasteiger partial charge on any atom is -0.466 e. The molecular formula is C17H23NO5. The first-order valence-electron chi connectivity index (χ1n) is 7.50. The number of esters is 2. The molecule has 0 saturated carbocycles. The Morgan fingerprint density at radius 3 is 2.13 bits per heavy atom. The zero-order chi connectivity index (χ0) is 17.5. The van der Waals surface area contributed by atoms with E-state index in [1.54, 1.807) is 39.8 Å². The minimum atomic E-state index is -0.569. The van der Waals surface area contributed by atoms with Crippen molar-refractivity contribution in [2.75, 3.05) is 13.2 Å². The average molecular weight is 321 g/mol. The van der Waals surface area contributed by atoms with E-state index in [1.165, 1.54) is 12.1 Å². The predicted octanol–water partition coefficient (Wildman–Crippen LogP) is 2.32. The maximum absolute atomic E-state index is 11.9. The fourth-order valence-electron chi connectivity index (χ4n) is 1.71. The standard InChI is InChI=1S/C17H23NO5/c1-5-22-14(19)10-11-18-15(20)12-6-8-13(9-7-12)16(21)23-17(2,3)4/h6-9H,5,10-11H2,1-4H3,(H,18,20). The van der Waals surface area contributed by atoms with Crippen LogP contribution in [0.4, 0.5) is 0 Å². The second-order valence-corrected chi connectivity index (χ2v) is 5.89. The van der Waals surface area contributed by atoms with Crippen LogP contribution in [0.1, 0.15) is 54.8 Å². The molecule has 0 radical (unpaired) electrons. The summed E-state index contributed by atoms with van der Waals surface area (Å²) in [6, 6.07) is 6.15. The third kappa shape index (κ3) is 6.95. The molecule has 1 amide bonds. The Balaban J connectivity index is 2.54. The highest BCUT2D eigenvalue weighted by molar-refractivity contribution is 5.96. The molecule has 6 nitrogen and oxygen atoms in total. The Kier molecular flexibility index (Phi) is 6.75. The van der Waals surface area contributed by atoms with Gasteiger partial charge in [-0.05, 0) is 52.0 Å². The third-order valence-electron chi connectivity index (χ3n) is 2.70. The fraction of sp³-hybridized carbons (Fsp3) is 0.471. The Morgan fingerprint density at radius 2 is 1.61 bits per heavy atom. The van der Waals surface area contributed by atoms with Crippen LogP contribution in [0.2, 0.25) is 0 Å². The van der Waals surface area contributed by atoms with E-state index in [4.69, 9.17) is 9.47 Å². The van der Waals surface area contributed by atoms with Crippen LogP contribution in [0.3, 0.4) is 0 Å². The van der Waals surface area contributed by atoms with Gasteiger partial charge < -0.3 is 14.8 Å². The number of ether oxygens (including phenoxy) is 2. The van der Waals surface area contributed by atoms with Gasteiger partial charge in [0.2, 0.25) is 0 Å². The molecule has 0 spiro atoms. The lowest BCUT2D eigenvalue weighted by Crippen LogP contribution is -2.27. The van der Waals surface area contributed by atoms with Gasteiger partial charge in [-0.2, -0.15) is 0 Å². The summed E-state index contributed by atoms with van der Waals surface area (Å²) in [6.07, 6.45) is 0.121. The monoisotopic (exact) mass is 321 g/mol. The predicted molar refractivity (Wildman–Crippen MR) is 85.2 cm³/mol. The van der Waals surface area contributed by atoms with Gasteiger partial charge in [0.05, 0.1) is 18.6 Å². The lowest BCUT2D eigenvalue weighted by molar-refractivity contribution is -0.142. The number of nitrogens with one attached hydrogen (secondary N) is 1. The maximum Gasteiger partial charge on any atom is 0.338 e. The van der Waals surface area contributed by atoms with E-state index in [9.17, 15) is 14.4 Å². The molecule has 0 aliphatic rings. The van der Waals surface area contributed by atoms with E-state index in [2.05, 4.69) is 5.32 Å². The van der Waals surface area contributed by atoms with E-state index in [0.717, 1.165) is 0 Å². The van der Waals surface area contributed by atoms with Crippen LogP contribution in [-0.4, -0.2) is 36.6 Å². The first kappa shape index (κ1) is 18.7. The molecule has 0 fully saturated rings. The third-order valence-corrected chi connectivity index (χ3v) is 2.70. The summed E-state index contributed by atoms with van der Waals surface area (Å²) >= 11 is 0. The van der Waals surface area contributed by atoms with Crippen molar-refractivity contribution in [3.63, 3.8) is 0 Å². The molecule has 0 aliphatic carbocycles. The number of carbonyl (C=O) groups excluding carboxylic acids is 3. The van der Waals surface area contributed by atoms with Gasteiger partial charge in [-0.25, -0.2) is 4.79 Å². The average Bonchev–Trinajstić information content (AvgIpc) is 2.46. The highest BCUT2D eigenvalue weighted by Gasteiger charge is 2.18. The molecule has 0 aromatic heterocycles. The second-order valence-electron chi connectivity index (χ2n) is 5.89. The normalized spacial score (nSPS) is 10.8. The Bertz CT molecular complexity index is 557. The number of benzene rings is 1. The van der Waals surface area contributed by atoms with E-state index in [-0.39, 0.29) is 24.8 Å². The van der Waals surface area contributed by atoms with Gasteiger partial charge in [0, 0.05) is 12.1 Å². The van der Waals surface area contributed by atoms with Crippen molar-refractivity contribution >= 4 is 17.8 Å². The smallest absolute Gasteiger partial charge is 0.338 e. The second kappa shape index (κ2) is 8.31. The van der Waals surface area contributed by atoms with Crippen LogP contribution in [0.5, 0.6) is 0 Å². The van der Waals surface area contributed by atoms with Gasteiger partial charge in [-0.1, -0.05) is 0 Å². The summed E-state index contributed by atoms with van der Waals surface area (Å²) in [5.74, 6) is -1.11. The first-order valence-corrected chi connectivity index (χ1v) is 7.50. The van der Waals surface area contributed by atoms with Crippen molar-refractivity contribution in [3.8, 4) is 0 Å². The molecule has 1 aromatic carbocycles. The molecule has 1 aromatic rings. The fourth-order valence-corrected chi connectivity index (χ4v) is 1.71. The SMILES string of the molecule is CCOC(=O)CCNC(=O)c1ccc(C(=O)OC(C)(C)C)cc1. The van der Waals surface area contributed by atoms with Crippen LogP contribution in [0, 0.1) is 0 Å². The van der Waals surface area contributed by atoms with Crippen LogP contribution in [0.15, 0.2) is 24.3 Å². The van der Waals surface area contributed by atoms with Gasteiger partial charge in [-0.3, -0.25) is 9.59 Å². The lowest BCUT2D eigenvalue weighted by atomic mass is 10.1. The van der Waals surface area contributed by atoms with Gasteiger partial charge in [-0.15, -0.1) is 0 Å². The van der Waals surface area contributed by atoms with Crippen LogP contribution >= 0.6 is 0 Å². The summed E-state index contributed by atoms with van der Waals surface area (Å²) in [7, 11) is 0. The van der Waals surface area contributed by atoms with E-state index < -0.39 is 11.6 Å². The van der Waals surface area contributed by atoms with Gasteiger partial charge in [0.25, 0.3) is 5.91 Å². The van der Waals surface area contributed by atoms with E-state index in [1.807, 2.05) is 0 Å². The van der Waals surface area contributed by atoms with Gasteiger partial charge in [0.15, 0.2) is 0 Å². The van der Waals surface area contributed by atoms with E-state index >= 15 is 0 Å². The summed E-state index contributed by atoms with van der Waals surface area (Å²) in [4.78, 5) is 35.0. The molecular weight excluding hydrogens is 298 g/mol. The molecule has 0 heterocycles. The van der Waals surface area contributed by atoms with Crippen LogP contribution < -0.4 is 5.32 Å². The number of hydrogen-bond donors (Lipinski definition) is 1. The maximum atomic E-state index is 11.9. The number of hydrogen-bond acceptors (Lipinski definition) is 5. The summed E-state index contributed by atoms with van der Waals surface area (Å²) in [5, 5.41) is 2.62. The molecule has 0 unspecified atom stereocenters. The van der Waals surface area contributed by atoms with Crippen molar-refractivity contribution in [3.05, 3.63) is 35.4 Å². The quantitative estimate of drug-likeness (QED) is 0.813. The summed E-state index contributed by atoms with van der Waals surface area (Å²) in [6.45, 7) is 7.61. The van der Waals surface area contributed by atoms with Crippen molar-refractivity contribution in [1.29, 1.82) is 0 Å². The summed E-state index contributed by atoms with van der Waals surface area (Å²) < 4.78 is 10.0. The molecule has 0 atom stereocenters. The molecule has 126 valence electrons. The number of rotatable bonds is 6. The first-order chi connectivity index (χ1) is 10.7.